The van der Waals surface area contributed by atoms with Crippen LogP contribution in [0.2, 0.25) is 0 Å². The van der Waals surface area contributed by atoms with Gasteiger partial charge in [-0.15, -0.1) is 11.3 Å². The second-order valence-corrected chi connectivity index (χ2v) is 10.2. The summed E-state index contributed by atoms with van der Waals surface area (Å²) < 4.78 is 2.07. The molecule has 5 aromatic rings. The normalized spacial score (nSPS) is 11.5. The first-order chi connectivity index (χ1) is 16.9. The quantitative estimate of drug-likeness (QED) is 0.315. The van der Waals surface area contributed by atoms with E-state index in [4.69, 9.17) is 0 Å². The topological polar surface area (TPSA) is 84.2 Å². The number of imidazole rings is 1. The Balaban J connectivity index is 1.23. The van der Waals surface area contributed by atoms with E-state index in [0.717, 1.165) is 39.3 Å². The van der Waals surface area contributed by atoms with E-state index >= 15 is 0 Å². The van der Waals surface area contributed by atoms with Crippen LogP contribution in [0.1, 0.15) is 32.0 Å². The Labute approximate surface area is 207 Å². The molecular formula is C27H26N6OS. The van der Waals surface area contributed by atoms with Gasteiger partial charge in [0, 0.05) is 41.5 Å². The average molecular weight is 483 g/mol. The zero-order valence-corrected chi connectivity index (χ0v) is 20.6. The molecule has 2 N–H and O–H groups in total. The van der Waals surface area contributed by atoms with Crippen molar-refractivity contribution in [2.45, 2.75) is 32.7 Å². The molecule has 0 saturated heterocycles. The number of carbonyl (C=O) groups is 1. The summed E-state index contributed by atoms with van der Waals surface area (Å²) in [5, 5.41) is 8.29. The van der Waals surface area contributed by atoms with E-state index in [2.05, 4.69) is 62.9 Å². The maximum Gasteiger partial charge on any atom is 0.321 e. The van der Waals surface area contributed by atoms with Crippen molar-refractivity contribution >= 4 is 28.1 Å². The average Bonchev–Trinajstić information content (AvgIpc) is 3.50. The third kappa shape index (κ3) is 5.07. The van der Waals surface area contributed by atoms with Gasteiger partial charge in [-0.2, -0.15) is 0 Å². The Morgan fingerprint density at radius 2 is 1.77 bits per heavy atom. The van der Waals surface area contributed by atoms with E-state index in [9.17, 15) is 4.79 Å². The third-order valence-corrected chi connectivity index (χ3v) is 6.48. The maximum atomic E-state index is 12.3. The minimum absolute atomic E-state index is 0.0443. The molecule has 0 saturated carbocycles. The van der Waals surface area contributed by atoms with Gasteiger partial charge in [0.15, 0.2) is 5.13 Å². The molecule has 0 bridgehead atoms. The smallest absolute Gasteiger partial charge is 0.321 e. The fourth-order valence-electron chi connectivity index (χ4n) is 3.71. The summed E-state index contributed by atoms with van der Waals surface area (Å²) >= 11 is 1.43. The molecule has 0 fully saturated rings. The minimum Gasteiger partial charge on any atom is -0.334 e. The van der Waals surface area contributed by atoms with Crippen LogP contribution in [-0.4, -0.2) is 25.4 Å². The largest absolute Gasteiger partial charge is 0.334 e. The first-order valence-corrected chi connectivity index (χ1v) is 12.2. The van der Waals surface area contributed by atoms with Crippen LogP contribution in [0.5, 0.6) is 0 Å². The highest BCUT2D eigenvalue weighted by Gasteiger charge is 2.18. The van der Waals surface area contributed by atoms with E-state index in [-0.39, 0.29) is 11.4 Å². The van der Waals surface area contributed by atoms with Crippen molar-refractivity contribution < 1.29 is 4.79 Å². The maximum absolute atomic E-state index is 12.3. The summed E-state index contributed by atoms with van der Waals surface area (Å²) in [4.78, 5) is 25.5. The number of nitrogens with zero attached hydrogens (tertiary/aromatic N) is 4. The van der Waals surface area contributed by atoms with Gasteiger partial charge in [0.2, 0.25) is 0 Å². The molecule has 0 radical (unpaired) electrons. The van der Waals surface area contributed by atoms with Crippen molar-refractivity contribution in [2.24, 2.45) is 0 Å². The lowest BCUT2D eigenvalue weighted by Crippen LogP contribution is -2.28. The number of hydrogen-bond donors (Lipinski definition) is 2. The molecule has 8 heteroatoms. The fourth-order valence-corrected chi connectivity index (χ4v) is 4.64. The summed E-state index contributed by atoms with van der Waals surface area (Å²) in [6.45, 7) is 6.72. The summed E-state index contributed by atoms with van der Waals surface area (Å²) in [5.74, 6) is 0. The highest BCUT2D eigenvalue weighted by Crippen LogP contribution is 2.27. The lowest BCUT2D eigenvalue weighted by molar-refractivity contribution is 0.251. The Morgan fingerprint density at radius 3 is 2.49 bits per heavy atom. The number of thiazole rings is 1. The van der Waals surface area contributed by atoms with E-state index in [1.54, 1.807) is 12.4 Å². The molecule has 35 heavy (non-hydrogen) atoms. The number of anilines is 1. The van der Waals surface area contributed by atoms with Gasteiger partial charge in [-0.1, -0.05) is 45.0 Å². The van der Waals surface area contributed by atoms with Crippen molar-refractivity contribution in [1.82, 2.24) is 24.7 Å². The number of pyridine rings is 2. The molecule has 0 spiro atoms. The van der Waals surface area contributed by atoms with Crippen LogP contribution in [0.4, 0.5) is 9.93 Å². The van der Waals surface area contributed by atoms with Crippen LogP contribution in [0.25, 0.3) is 28.0 Å². The zero-order chi connectivity index (χ0) is 24.4. The van der Waals surface area contributed by atoms with Crippen molar-refractivity contribution in [2.75, 3.05) is 5.32 Å². The molecule has 7 nitrogen and oxygen atoms in total. The molecule has 4 heterocycles. The zero-order valence-electron chi connectivity index (χ0n) is 19.8. The van der Waals surface area contributed by atoms with Gasteiger partial charge in [-0.05, 0) is 41.0 Å². The highest BCUT2D eigenvalue weighted by molar-refractivity contribution is 7.13. The molecule has 0 aliphatic rings. The Bertz CT molecular complexity index is 1470. The Hall–Kier alpha value is -4.04. The van der Waals surface area contributed by atoms with Crippen LogP contribution >= 0.6 is 11.3 Å². The predicted octanol–water partition coefficient (Wildman–Crippen LogP) is 6.14. The monoisotopic (exact) mass is 482 g/mol. The number of hydrogen-bond acceptors (Lipinski definition) is 5. The number of amides is 2. The van der Waals surface area contributed by atoms with Gasteiger partial charge >= 0.3 is 6.03 Å². The molecule has 0 aliphatic heterocycles. The summed E-state index contributed by atoms with van der Waals surface area (Å²) in [5.41, 5.74) is 7.09. The van der Waals surface area contributed by atoms with Crippen LogP contribution in [-0.2, 0) is 12.0 Å². The lowest BCUT2D eigenvalue weighted by Gasteiger charge is -2.14. The van der Waals surface area contributed by atoms with Crippen LogP contribution in [0.3, 0.4) is 0 Å². The van der Waals surface area contributed by atoms with Crippen molar-refractivity contribution in [3.63, 3.8) is 0 Å². The molecule has 5 rings (SSSR count). The predicted molar refractivity (Wildman–Crippen MR) is 141 cm³/mol. The molecule has 4 aromatic heterocycles. The fraction of sp³-hybridized carbons (Fsp3) is 0.185. The molecule has 0 atom stereocenters. The van der Waals surface area contributed by atoms with Crippen LogP contribution in [0, 0.1) is 0 Å². The number of urea groups is 1. The standard InChI is InChI=1S/C27H26N6OS/c1-27(2,3)23-17-35-26(31-23)32-25(34)30-15-18-4-6-20(7-5-18)22-16-29-24-14-21(10-13-33(22)24)19-8-11-28-12-9-19/h4-14,16-17H,15H2,1-3H3,(H2,30,31,32,34). The summed E-state index contributed by atoms with van der Waals surface area (Å²) in [6.07, 6.45) is 7.50. The lowest BCUT2D eigenvalue weighted by atomic mass is 9.93. The molecular weight excluding hydrogens is 456 g/mol. The van der Waals surface area contributed by atoms with Crippen molar-refractivity contribution in [3.05, 3.63) is 90.0 Å². The van der Waals surface area contributed by atoms with Gasteiger partial charge < -0.3 is 5.32 Å². The van der Waals surface area contributed by atoms with Gasteiger partial charge in [-0.3, -0.25) is 14.7 Å². The number of rotatable bonds is 5. The van der Waals surface area contributed by atoms with Gasteiger partial charge in [0.05, 0.1) is 17.6 Å². The molecule has 176 valence electrons. The Morgan fingerprint density at radius 1 is 1.00 bits per heavy atom. The molecule has 0 unspecified atom stereocenters. The van der Waals surface area contributed by atoms with Crippen molar-refractivity contribution in [1.29, 1.82) is 0 Å². The van der Waals surface area contributed by atoms with E-state index < -0.39 is 0 Å². The molecule has 2 amide bonds. The Kier molecular flexibility index (Phi) is 6.05. The number of fused-ring (bicyclic) bond motifs is 1. The third-order valence-electron chi connectivity index (χ3n) is 5.72. The number of benzene rings is 1. The molecule has 0 aliphatic carbocycles. The first-order valence-electron chi connectivity index (χ1n) is 11.3. The van der Waals surface area contributed by atoms with Gasteiger partial charge in [-0.25, -0.2) is 14.8 Å². The second kappa shape index (κ2) is 9.31. The molecule has 1 aromatic carbocycles. The van der Waals surface area contributed by atoms with Crippen LogP contribution < -0.4 is 10.6 Å². The number of aromatic nitrogens is 4. The first kappa shape index (κ1) is 22.7. The van der Waals surface area contributed by atoms with Crippen LogP contribution in [0.15, 0.2) is 78.7 Å². The number of nitrogens with one attached hydrogen (secondary N) is 2. The van der Waals surface area contributed by atoms with E-state index in [0.29, 0.717) is 11.7 Å². The van der Waals surface area contributed by atoms with Gasteiger partial charge in [0.25, 0.3) is 0 Å². The SMILES string of the molecule is CC(C)(C)c1csc(NC(=O)NCc2ccc(-c3cnc4cc(-c5ccncc5)ccn34)cc2)n1. The van der Waals surface area contributed by atoms with E-state index in [1.165, 1.54) is 11.3 Å². The van der Waals surface area contributed by atoms with Gasteiger partial charge in [0.1, 0.15) is 5.65 Å². The second-order valence-electron chi connectivity index (χ2n) is 9.32. The van der Waals surface area contributed by atoms with Crippen molar-refractivity contribution in [3.8, 4) is 22.4 Å². The van der Waals surface area contributed by atoms with E-state index in [1.807, 2.05) is 54.2 Å². The summed E-state index contributed by atoms with van der Waals surface area (Å²) in [6, 6.07) is 16.0. The minimum atomic E-state index is -0.268. The number of carbonyl (C=O) groups excluding carboxylic acids is 1. The summed E-state index contributed by atoms with van der Waals surface area (Å²) in [7, 11) is 0. The highest BCUT2D eigenvalue weighted by atomic mass is 32.1.